The number of hydrogen-bond donors (Lipinski definition) is 1. The molecule has 1 aromatic carbocycles. The summed E-state index contributed by atoms with van der Waals surface area (Å²) in [6.07, 6.45) is -3.38. The molecule has 1 nitrogen and oxygen atoms in total. The van der Waals surface area contributed by atoms with Crippen molar-refractivity contribution < 1.29 is 13.2 Å². The van der Waals surface area contributed by atoms with Crippen LogP contribution in [0.15, 0.2) is 24.3 Å². The maximum Gasteiger partial charge on any atom is 0.418 e. The number of hydrogen-bond acceptors (Lipinski definition) is 2. The third kappa shape index (κ3) is 2.89. The van der Waals surface area contributed by atoms with Crippen molar-refractivity contribution in [2.24, 2.45) is 0 Å². The van der Waals surface area contributed by atoms with E-state index in [-0.39, 0.29) is 11.7 Å². The van der Waals surface area contributed by atoms with Gasteiger partial charge < -0.3 is 5.32 Å². The van der Waals surface area contributed by atoms with Crippen molar-refractivity contribution in [1.29, 1.82) is 0 Å². The van der Waals surface area contributed by atoms with Gasteiger partial charge in [0.1, 0.15) is 0 Å². The van der Waals surface area contributed by atoms with Crippen molar-refractivity contribution in [1.82, 2.24) is 0 Å². The molecule has 0 bridgehead atoms. The lowest BCUT2D eigenvalue weighted by atomic mass is 10.1. The number of rotatable bonds is 2. The molecule has 94 valence electrons. The van der Waals surface area contributed by atoms with Gasteiger partial charge in [0.2, 0.25) is 0 Å². The zero-order valence-electron chi connectivity index (χ0n) is 9.42. The van der Waals surface area contributed by atoms with Crippen molar-refractivity contribution >= 4 is 17.4 Å². The predicted molar refractivity (Wildman–Crippen MR) is 65.4 cm³/mol. The highest BCUT2D eigenvalue weighted by atomic mass is 32.2. The summed E-state index contributed by atoms with van der Waals surface area (Å²) in [5, 5.41) is 3.38. The van der Waals surface area contributed by atoms with E-state index in [1.807, 2.05) is 6.92 Å². The minimum Gasteiger partial charge on any atom is -0.381 e. The standard InChI is InChI=1S/C12H14F3NS/c1-8-10(6-7-17-8)16-11-5-3-2-4-9(11)12(13,14)15/h2-5,8,10,16H,6-7H2,1H3. The van der Waals surface area contributed by atoms with Crippen LogP contribution in [0.3, 0.4) is 0 Å². The van der Waals surface area contributed by atoms with Crippen LogP contribution in [-0.4, -0.2) is 17.0 Å². The van der Waals surface area contributed by atoms with Gasteiger partial charge in [-0.05, 0) is 24.3 Å². The van der Waals surface area contributed by atoms with Crippen LogP contribution in [0.4, 0.5) is 18.9 Å². The molecule has 0 amide bonds. The fourth-order valence-corrected chi connectivity index (χ4v) is 3.18. The van der Waals surface area contributed by atoms with Crippen LogP contribution in [0.25, 0.3) is 0 Å². The Labute approximate surface area is 103 Å². The second-order valence-corrected chi connectivity index (χ2v) is 5.64. The normalized spacial score (nSPS) is 24.9. The van der Waals surface area contributed by atoms with Crippen LogP contribution in [0, 0.1) is 0 Å². The second kappa shape index (κ2) is 4.80. The zero-order valence-corrected chi connectivity index (χ0v) is 10.2. The number of thioether (sulfide) groups is 1. The van der Waals surface area contributed by atoms with E-state index in [1.54, 1.807) is 17.8 Å². The van der Waals surface area contributed by atoms with E-state index in [4.69, 9.17) is 0 Å². The Bertz CT molecular complexity index is 392. The number of anilines is 1. The highest BCUT2D eigenvalue weighted by Gasteiger charge is 2.34. The van der Waals surface area contributed by atoms with Crippen LogP contribution in [0.1, 0.15) is 18.9 Å². The Balaban J connectivity index is 2.21. The number of benzene rings is 1. The van der Waals surface area contributed by atoms with E-state index >= 15 is 0 Å². The van der Waals surface area contributed by atoms with E-state index in [1.165, 1.54) is 12.1 Å². The molecule has 0 saturated carbocycles. The monoisotopic (exact) mass is 261 g/mol. The van der Waals surface area contributed by atoms with Gasteiger partial charge in [0.15, 0.2) is 0 Å². The second-order valence-electron chi connectivity index (χ2n) is 4.16. The van der Waals surface area contributed by atoms with E-state index in [0.29, 0.717) is 5.25 Å². The summed E-state index contributed by atoms with van der Waals surface area (Å²) in [7, 11) is 0. The molecule has 1 saturated heterocycles. The summed E-state index contributed by atoms with van der Waals surface area (Å²) in [6.45, 7) is 2.05. The lowest BCUT2D eigenvalue weighted by Crippen LogP contribution is -2.26. The van der Waals surface area contributed by atoms with Gasteiger partial charge in [0.05, 0.1) is 5.56 Å². The van der Waals surface area contributed by atoms with Gasteiger partial charge in [-0.1, -0.05) is 19.1 Å². The third-order valence-electron chi connectivity index (χ3n) is 2.95. The molecule has 1 aliphatic rings. The van der Waals surface area contributed by atoms with Crippen molar-refractivity contribution in [3.05, 3.63) is 29.8 Å². The fourth-order valence-electron chi connectivity index (χ4n) is 1.98. The topological polar surface area (TPSA) is 12.0 Å². The average molecular weight is 261 g/mol. The van der Waals surface area contributed by atoms with E-state index in [0.717, 1.165) is 18.2 Å². The number of nitrogens with one attached hydrogen (secondary N) is 1. The van der Waals surface area contributed by atoms with Gasteiger partial charge in [-0.2, -0.15) is 24.9 Å². The Hall–Kier alpha value is -0.840. The predicted octanol–water partition coefficient (Wildman–Crippen LogP) is 4.01. The van der Waals surface area contributed by atoms with Gasteiger partial charge in [-0.25, -0.2) is 0 Å². The molecule has 2 unspecified atom stereocenters. The molecule has 2 rings (SSSR count). The molecular formula is C12H14F3NS. The summed E-state index contributed by atoms with van der Waals surface area (Å²) in [4.78, 5) is 0. The number of halogens is 3. The average Bonchev–Trinajstić information content (AvgIpc) is 2.64. The fraction of sp³-hybridized carbons (Fsp3) is 0.500. The maximum atomic E-state index is 12.8. The van der Waals surface area contributed by atoms with Gasteiger partial charge >= 0.3 is 6.18 Å². The summed E-state index contributed by atoms with van der Waals surface area (Å²) in [6, 6.07) is 5.79. The largest absolute Gasteiger partial charge is 0.418 e. The molecule has 2 atom stereocenters. The molecule has 1 aliphatic heterocycles. The van der Waals surface area contributed by atoms with Crippen molar-refractivity contribution in [2.45, 2.75) is 30.8 Å². The zero-order chi connectivity index (χ0) is 12.5. The minimum atomic E-state index is -4.29. The Kier molecular flexibility index (Phi) is 3.56. The molecule has 0 aliphatic carbocycles. The highest BCUT2D eigenvalue weighted by molar-refractivity contribution is 8.00. The molecule has 1 N–H and O–H groups in total. The first kappa shape index (κ1) is 12.6. The van der Waals surface area contributed by atoms with Gasteiger partial charge in [-0.15, -0.1) is 0 Å². The molecular weight excluding hydrogens is 247 g/mol. The Morgan fingerprint density at radius 3 is 2.59 bits per heavy atom. The van der Waals surface area contributed by atoms with Gasteiger partial charge in [0.25, 0.3) is 0 Å². The lowest BCUT2D eigenvalue weighted by molar-refractivity contribution is -0.137. The first-order valence-electron chi connectivity index (χ1n) is 5.53. The molecule has 1 fully saturated rings. The number of para-hydroxylation sites is 1. The van der Waals surface area contributed by atoms with E-state index in [9.17, 15) is 13.2 Å². The lowest BCUT2D eigenvalue weighted by Gasteiger charge is -2.21. The summed E-state index contributed by atoms with van der Waals surface area (Å²) >= 11 is 1.79. The van der Waals surface area contributed by atoms with Crippen LogP contribution in [0.2, 0.25) is 0 Å². The Morgan fingerprint density at radius 1 is 1.29 bits per heavy atom. The van der Waals surface area contributed by atoms with Crippen molar-refractivity contribution in [2.75, 3.05) is 11.1 Å². The summed E-state index contributed by atoms with van der Waals surface area (Å²) in [5.74, 6) is 1.01. The van der Waals surface area contributed by atoms with E-state index in [2.05, 4.69) is 5.32 Å². The first-order valence-corrected chi connectivity index (χ1v) is 6.58. The van der Waals surface area contributed by atoms with Gasteiger partial charge in [0, 0.05) is 17.0 Å². The van der Waals surface area contributed by atoms with E-state index < -0.39 is 11.7 Å². The molecule has 5 heteroatoms. The van der Waals surface area contributed by atoms with Crippen LogP contribution < -0.4 is 5.32 Å². The Morgan fingerprint density at radius 2 is 2.00 bits per heavy atom. The maximum absolute atomic E-state index is 12.8. The molecule has 0 radical (unpaired) electrons. The van der Waals surface area contributed by atoms with Gasteiger partial charge in [-0.3, -0.25) is 0 Å². The third-order valence-corrected chi connectivity index (χ3v) is 4.28. The SMILES string of the molecule is CC1SCCC1Nc1ccccc1C(F)(F)F. The molecule has 1 aromatic rings. The quantitative estimate of drug-likeness (QED) is 0.863. The van der Waals surface area contributed by atoms with Crippen LogP contribution >= 0.6 is 11.8 Å². The molecule has 0 aromatic heterocycles. The molecule has 17 heavy (non-hydrogen) atoms. The summed E-state index contributed by atoms with van der Waals surface area (Å²) < 4.78 is 38.3. The molecule has 1 heterocycles. The first-order chi connectivity index (χ1) is 7.98. The minimum absolute atomic E-state index is 0.128. The summed E-state index contributed by atoms with van der Waals surface area (Å²) in [5.41, 5.74) is -0.386. The molecule has 0 spiro atoms. The number of alkyl halides is 3. The highest BCUT2D eigenvalue weighted by Crippen LogP contribution is 2.36. The van der Waals surface area contributed by atoms with Crippen molar-refractivity contribution in [3.63, 3.8) is 0 Å². The van der Waals surface area contributed by atoms with Crippen molar-refractivity contribution in [3.8, 4) is 0 Å². The van der Waals surface area contributed by atoms with Crippen LogP contribution in [-0.2, 0) is 6.18 Å². The van der Waals surface area contributed by atoms with Crippen LogP contribution in [0.5, 0.6) is 0 Å². The smallest absolute Gasteiger partial charge is 0.381 e.